The predicted molar refractivity (Wildman–Crippen MR) is 116 cm³/mol. The molecule has 8 nitrogen and oxygen atoms in total. The summed E-state index contributed by atoms with van der Waals surface area (Å²) in [5.74, 6) is -0.364. The summed E-state index contributed by atoms with van der Waals surface area (Å²) in [6, 6.07) is 9.68. The minimum absolute atomic E-state index is 0.251. The Morgan fingerprint density at radius 1 is 1.10 bits per heavy atom. The third-order valence-electron chi connectivity index (χ3n) is 5.03. The molecule has 1 aromatic carbocycles. The zero-order valence-electron chi connectivity index (χ0n) is 17.5. The van der Waals surface area contributed by atoms with Crippen LogP contribution in [0.1, 0.15) is 20.8 Å². The Hall–Kier alpha value is -2.75. The average Bonchev–Trinajstić information content (AvgIpc) is 3.10. The number of aromatic nitrogens is 2. The van der Waals surface area contributed by atoms with E-state index in [4.69, 9.17) is 9.57 Å². The Morgan fingerprint density at radius 3 is 2.43 bits per heavy atom. The molecule has 0 radical (unpaired) electrons. The molecule has 2 aromatic heterocycles. The largest absolute Gasteiger partial charge is 0.383 e. The normalized spacial score (nSPS) is 11.2. The fourth-order valence-electron chi connectivity index (χ4n) is 3.29. The lowest BCUT2D eigenvalue weighted by Gasteiger charge is -2.12. The number of hydroxylamine groups is 2. The number of amides is 1. The lowest BCUT2D eigenvalue weighted by molar-refractivity contribution is -0.0754. The van der Waals surface area contributed by atoms with Crippen molar-refractivity contribution in [3.05, 3.63) is 67.2 Å². The van der Waals surface area contributed by atoms with Gasteiger partial charge in [-0.2, -0.15) is 0 Å². The molecular formula is C21H25N3O5S. The monoisotopic (exact) mass is 431 g/mol. The van der Waals surface area contributed by atoms with Crippen LogP contribution in [0.15, 0.2) is 39.9 Å². The molecule has 0 saturated carbocycles. The van der Waals surface area contributed by atoms with Crippen LogP contribution in [0.4, 0.5) is 0 Å². The standard InChI is InChI=1S/C21H25N3O5S/c1-14-16-18(25)23(11-10-15-8-6-5-7-9-15)21(27)24(12-13-28-3)20(16)30-17(14)19(26)22(2)29-4/h5-9H,10-13H2,1-4H3. The van der Waals surface area contributed by atoms with Gasteiger partial charge in [-0.1, -0.05) is 30.3 Å². The van der Waals surface area contributed by atoms with Gasteiger partial charge in [-0.25, -0.2) is 9.86 Å². The second-order valence-corrected chi connectivity index (χ2v) is 7.84. The van der Waals surface area contributed by atoms with Crippen LogP contribution in [-0.2, 0) is 29.1 Å². The third kappa shape index (κ3) is 4.09. The van der Waals surface area contributed by atoms with E-state index in [1.807, 2.05) is 30.3 Å². The highest BCUT2D eigenvalue weighted by Gasteiger charge is 2.24. The van der Waals surface area contributed by atoms with Crippen molar-refractivity contribution in [3.63, 3.8) is 0 Å². The summed E-state index contributed by atoms with van der Waals surface area (Å²) in [5.41, 5.74) is 0.800. The smallest absolute Gasteiger partial charge is 0.332 e. The maximum absolute atomic E-state index is 13.3. The van der Waals surface area contributed by atoms with Crippen LogP contribution >= 0.6 is 11.3 Å². The molecule has 0 aliphatic heterocycles. The lowest BCUT2D eigenvalue weighted by Crippen LogP contribution is -2.40. The maximum atomic E-state index is 13.3. The highest BCUT2D eigenvalue weighted by Crippen LogP contribution is 2.29. The van der Waals surface area contributed by atoms with E-state index in [-0.39, 0.29) is 24.6 Å². The summed E-state index contributed by atoms with van der Waals surface area (Å²) in [6.45, 7) is 2.57. The van der Waals surface area contributed by atoms with Gasteiger partial charge in [0.1, 0.15) is 9.71 Å². The molecule has 3 aromatic rings. The fraction of sp³-hybridized carbons (Fsp3) is 0.381. The Labute approximate surface area is 177 Å². The first-order chi connectivity index (χ1) is 14.4. The Balaban J connectivity index is 2.17. The van der Waals surface area contributed by atoms with Crippen LogP contribution in [0.25, 0.3) is 10.2 Å². The van der Waals surface area contributed by atoms with Crippen molar-refractivity contribution in [2.75, 3.05) is 27.9 Å². The summed E-state index contributed by atoms with van der Waals surface area (Å²) in [4.78, 5) is 44.9. The molecule has 0 atom stereocenters. The molecule has 1 amide bonds. The second-order valence-electron chi connectivity index (χ2n) is 6.84. The van der Waals surface area contributed by atoms with Crippen molar-refractivity contribution in [1.82, 2.24) is 14.2 Å². The topological polar surface area (TPSA) is 82.8 Å². The van der Waals surface area contributed by atoms with Gasteiger partial charge in [0.25, 0.3) is 11.5 Å². The molecule has 0 fully saturated rings. The van der Waals surface area contributed by atoms with Gasteiger partial charge in [0.2, 0.25) is 0 Å². The number of rotatable bonds is 8. The first-order valence-corrected chi connectivity index (χ1v) is 10.3. The van der Waals surface area contributed by atoms with Gasteiger partial charge in [0.15, 0.2) is 0 Å². The number of fused-ring (bicyclic) bond motifs is 1. The number of methoxy groups -OCH3 is 1. The van der Waals surface area contributed by atoms with Gasteiger partial charge in [0, 0.05) is 20.7 Å². The zero-order valence-corrected chi connectivity index (χ0v) is 18.3. The van der Waals surface area contributed by atoms with Crippen LogP contribution in [0.2, 0.25) is 0 Å². The minimum Gasteiger partial charge on any atom is -0.383 e. The molecule has 0 bridgehead atoms. The van der Waals surface area contributed by atoms with Gasteiger partial charge in [0.05, 0.1) is 25.6 Å². The van der Waals surface area contributed by atoms with E-state index < -0.39 is 5.69 Å². The summed E-state index contributed by atoms with van der Waals surface area (Å²) >= 11 is 1.13. The number of hydrogen-bond acceptors (Lipinski definition) is 6. The number of carbonyl (C=O) groups excluding carboxylic acids is 1. The number of ether oxygens (including phenoxy) is 1. The summed E-state index contributed by atoms with van der Waals surface area (Å²) in [6.07, 6.45) is 0.549. The molecule has 0 saturated heterocycles. The van der Waals surface area contributed by atoms with Gasteiger partial charge < -0.3 is 4.74 Å². The van der Waals surface area contributed by atoms with Crippen molar-refractivity contribution >= 4 is 27.5 Å². The average molecular weight is 432 g/mol. The summed E-state index contributed by atoms with van der Waals surface area (Å²) in [7, 11) is 4.45. The third-order valence-corrected chi connectivity index (χ3v) is 6.34. The minimum atomic E-state index is -0.402. The molecule has 3 rings (SSSR count). The van der Waals surface area contributed by atoms with Crippen LogP contribution in [-0.4, -0.2) is 48.0 Å². The molecule has 30 heavy (non-hydrogen) atoms. The van der Waals surface area contributed by atoms with Crippen LogP contribution in [0.3, 0.4) is 0 Å². The van der Waals surface area contributed by atoms with Gasteiger partial charge in [-0.15, -0.1) is 11.3 Å². The highest BCUT2D eigenvalue weighted by molar-refractivity contribution is 7.20. The molecule has 0 unspecified atom stereocenters. The van der Waals surface area contributed by atoms with Crippen molar-refractivity contribution in [1.29, 1.82) is 0 Å². The van der Waals surface area contributed by atoms with Crippen molar-refractivity contribution in [2.24, 2.45) is 0 Å². The number of thiophene rings is 1. The van der Waals surface area contributed by atoms with Crippen LogP contribution < -0.4 is 11.2 Å². The summed E-state index contributed by atoms with van der Waals surface area (Å²) < 4.78 is 7.92. The second kappa shape index (κ2) is 9.38. The predicted octanol–water partition coefficient (Wildman–Crippen LogP) is 2.06. The zero-order chi connectivity index (χ0) is 21.8. The SMILES string of the molecule is COCCn1c(=O)n(CCc2ccccc2)c(=O)c2c(C)c(C(=O)N(C)OC)sc21. The number of aryl methyl sites for hydroxylation is 2. The maximum Gasteiger partial charge on any atom is 0.332 e. The highest BCUT2D eigenvalue weighted by atomic mass is 32.1. The molecule has 9 heteroatoms. The number of hydrogen-bond donors (Lipinski definition) is 0. The first kappa shape index (κ1) is 21.9. The molecule has 160 valence electrons. The molecule has 0 spiro atoms. The van der Waals surface area contributed by atoms with E-state index in [1.54, 1.807) is 14.0 Å². The van der Waals surface area contributed by atoms with E-state index in [0.717, 1.165) is 22.0 Å². The molecule has 0 aliphatic rings. The van der Waals surface area contributed by atoms with Gasteiger partial charge >= 0.3 is 5.69 Å². The lowest BCUT2D eigenvalue weighted by atomic mass is 10.1. The molecule has 2 heterocycles. The first-order valence-electron chi connectivity index (χ1n) is 9.52. The van der Waals surface area contributed by atoms with Gasteiger partial charge in [-0.3, -0.25) is 23.6 Å². The van der Waals surface area contributed by atoms with E-state index in [1.165, 1.54) is 23.3 Å². The molecule has 0 N–H and O–H groups in total. The quantitative estimate of drug-likeness (QED) is 0.510. The van der Waals surface area contributed by atoms with E-state index in [9.17, 15) is 14.4 Å². The van der Waals surface area contributed by atoms with E-state index in [2.05, 4.69) is 0 Å². The van der Waals surface area contributed by atoms with Crippen LogP contribution in [0.5, 0.6) is 0 Å². The molecule has 0 aliphatic carbocycles. The van der Waals surface area contributed by atoms with Crippen molar-refractivity contribution in [2.45, 2.75) is 26.4 Å². The Kier molecular flexibility index (Phi) is 6.86. The van der Waals surface area contributed by atoms with E-state index >= 15 is 0 Å². The van der Waals surface area contributed by atoms with E-state index in [0.29, 0.717) is 33.7 Å². The van der Waals surface area contributed by atoms with Crippen molar-refractivity contribution in [3.8, 4) is 0 Å². The molecular weight excluding hydrogens is 406 g/mol. The number of benzene rings is 1. The fourth-order valence-corrected chi connectivity index (χ4v) is 4.57. The number of carbonyl (C=O) groups is 1. The number of nitrogens with zero attached hydrogens (tertiary/aromatic N) is 3. The Morgan fingerprint density at radius 2 is 1.80 bits per heavy atom. The summed E-state index contributed by atoms with van der Waals surface area (Å²) in [5, 5.41) is 1.49. The van der Waals surface area contributed by atoms with Crippen LogP contribution in [0, 0.1) is 6.92 Å². The Bertz CT molecular complexity index is 1160. The van der Waals surface area contributed by atoms with Crippen molar-refractivity contribution < 1.29 is 14.4 Å². The van der Waals surface area contributed by atoms with Gasteiger partial charge in [-0.05, 0) is 24.5 Å².